The molecule has 6 heteroatoms. The molecule has 0 radical (unpaired) electrons. The third-order valence-electron chi connectivity index (χ3n) is 8.19. The first kappa shape index (κ1) is 31.1. The minimum Gasteiger partial charge on any atom is -0.494 e. The maximum Gasteiger partial charge on any atom is 0.343 e. The molecule has 0 aromatic heterocycles. The predicted octanol–water partition coefficient (Wildman–Crippen LogP) is 8.43. The van der Waals surface area contributed by atoms with Gasteiger partial charge in [-0.05, 0) is 96.5 Å². The van der Waals surface area contributed by atoms with Crippen molar-refractivity contribution in [2.24, 2.45) is 5.41 Å². The zero-order valence-electron chi connectivity index (χ0n) is 25.8. The minimum atomic E-state index is -0.363. The summed E-state index contributed by atoms with van der Waals surface area (Å²) < 4.78 is 28.6. The second-order valence-electron chi connectivity index (χ2n) is 12.3. The van der Waals surface area contributed by atoms with Crippen LogP contribution in [0.1, 0.15) is 86.7 Å². The monoisotopic (exact) mass is 586 g/mol. The van der Waals surface area contributed by atoms with Gasteiger partial charge < -0.3 is 23.7 Å². The maximum absolute atomic E-state index is 12.9. The Bertz CT molecular complexity index is 1330. The molecule has 1 aliphatic carbocycles. The lowest BCUT2D eigenvalue weighted by molar-refractivity contribution is -0.138. The van der Waals surface area contributed by atoms with E-state index in [-0.39, 0.29) is 11.4 Å². The van der Waals surface area contributed by atoms with E-state index in [0.29, 0.717) is 17.9 Å². The molecule has 5 rings (SSSR count). The van der Waals surface area contributed by atoms with Gasteiger partial charge in [-0.2, -0.15) is 0 Å². The normalized spacial score (nSPS) is 14.5. The fourth-order valence-electron chi connectivity index (χ4n) is 5.59. The molecule has 0 bridgehead atoms. The van der Waals surface area contributed by atoms with E-state index in [4.69, 9.17) is 23.7 Å². The van der Waals surface area contributed by atoms with E-state index in [2.05, 4.69) is 32.0 Å². The van der Waals surface area contributed by atoms with Crippen molar-refractivity contribution in [1.29, 1.82) is 0 Å². The van der Waals surface area contributed by atoms with Gasteiger partial charge >= 0.3 is 5.97 Å². The minimum absolute atomic E-state index is 0.195. The highest BCUT2D eigenvalue weighted by atomic mass is 16.5. The molecule has 0 N–H and O–H groups in total. The molecule has 43 heavy (non-hydrogen) atoms. The Morgan fingerprint density at radius 1 is 0.721 bits per heavy atom. The van der Waals surface area contributed by atoms with Crippen molar-refractivity contribution in [2.45, 2.75) is 71.6 Å². The van der Waals surface area contributed by atoms with Gasteiger partial charge in [0.05, 0.1) is 38.6 Å². The molecule has 6 nitrogen and oxygen atoms in total. The summed E-state index contributed by atoms with van der Waals surface area (Å²) in [6.45, 7) is 8.88. The first-order chi connectivity index (χ1) is 21.0. The molecule has 2 aliphatic rings. The molecule has 1 aliphatic heterocycles. The molecular weight excluding hydrogens is 540 g/mol. The molecule has 0 saturated carbocycles. The lowest BCUT2D eigenvalue weighted by Gasteiger charge is -2.37. The van der Waals surface area contributed by atoms with Crippen LogP contribution in [-0.4, -0.2) is 45.6 Å². The van der Waals surface area contributed by atoms with Gasteiger partial charge in [0.25, 0.3) is 0 Å². The van der Waals surface area contributed by atoms with Crippen LogP contribution in [0, 0.1) is 5.41 Å². The van der Waals surface area contributed by atoms with E-state index in [9.17, 15) is 4.79 Å². The summed E-state index contributed by atoms with van der Waals surface area (Å²) in [5.41, 5.74) is 5.50. The van der Waals surface area contributed by atoms with Crippen LogP contribution < -0.4 is 14.2 Å². The SMILES string of the molecule is CCCCCCCCOc1ccc2c(c1)Cc1cc(C(=O)Oc3ccc(OCCCCOCC4(C)COC4)cc3)ccc1-2. The lowest BCUT2D eigenvalue weighted by atomic mass is 9.90. The molecule has 0 atom stereocenters. The van der Waals surface area contributed by atoms with Gasteiger partial charge in [-0.25, -0.2) is 4.79 Å². The Balaban J connectivity index is 1.03. The molecule has 1 saturated heterocycles. The first-order valence-corrected chi connectivity index (χ1v) is 16.0. The summed E-state index contributed by atoms with van der Waals surface area (Å²) in [4.78, 5) is 12.9. The van der Waals surface area contributed by atoms with Crippen molar-refractivity contribution in [3.8, 4) is 28.4 Å². The largest absolute Gasteiger partial charge is 0.494 e. The van der Waals surface area contributed by atoms with E-state index in [1.54, 1.807) is 12.1 Å². The lowest BCUT2D eigenvalue weighted by Crippen LogP contribution is -2.43. The number of hydrogen-bond donors (Lipinski definition) is 0. The maximum atomic E-state index is 12.9. The van der Waals surface area contributed by atoms with Crippen molar-refractivity contribution < 1.29 is 28.5 Å². The van der Waals surface area contributed by atoms with Crippen LogP contribution in [0.4, 0.5) is 0 Å². The van der Waals surface area contributed by atoms with Gasteiger partial charge in [0.1, 0.15) is 17.2 Å². The molecule has 1 fully saturated rings. The molecule has 230 valence electrons. The average Bonchev–Trinajstić information content (AvgIpc) is 3.37. The van der Waals surface area contributed by atoms with Gasteiger partial charge in [0, 0.05) is 12.0 Å². The number of benzene rings is 3. The number of fused-ring (bicyclic) bond motifs is 3. The zero-order chi connectivity index (χ0) is 29.9. The van der Waals surface area contributed by atoms with Crippen LogP contribution in [0.5, 0.6) is 17.2 Å². The quantitative estimate of drug-likeness (QED) is 0.0662. The average molecular weight is 587 g/mol. The van der Waals surface area contributed by atoms with E-state index in [0.717, 1.165) is 75.8 Å². The Hall–Kier alpha value is -3.35. The Morgan fingerprint density at radius 2 is 1.33 bits per heavy atom. The van der Waals surface area contributed by atoms with Crippen LogP contribution in [0.15, 0.2) is 60.7 Å². The first-order valence-electron chi connectivity index (χ1n) is 16.0. The van der Waals surface area contributed by atoms with Gasteiger partial charge in [0.2, 0.25) is 0 Å². The van der Waals surface area contributed by atoms with E-state index < -0.39 is 0 Å². The molecule has 3 aromatic carbocycles. The van der Waals surface area contributed by atoms with E-state index in [1.165, 1.54) is 48.8 Å². The van der Waals surface area contributed by atoms with E-state index in [1.807, 2.05) is 30.3 Å². The Morgan fingerprint density at radius 3 is 2.07 bits per heavy atom. The van der Waals surface area contributed by atoms with Crippen molar-refractivity contribution in [3.63, 3.8) is 0 Å². The fourth-order valence-corrected chi connectivity index (χ4v) is 5.59. The van der Waals surface area contributed by atoms with Crippen molar-refractivity contribution in [2.75, 3.05) is 39.6 Å². The molecule has 3 aromatic rings. The summed E-state index contributed by atoms with van der Waals surface area (Å²) in [6.07, 6.45) is 10.2. The molecule has 0 unspecified atom stereocenters. The van der Waals surface area contributed by atoms with Crippen LogP contribution in [0.3, 0.4) is 0 Å². The standard InChI is InChI=1S/C37H46O6/c1-3-4-5-6-7-8-20-42-33-16-18-35-30(24-33)23-29-22-28(11-17-34(29)35)36(38)43-32-14-12-31(13-15-32)41-21-10-9-19-39-25-37(2)26-40-27-37/h11-18,22,24H,3-10,19-21,23,25-27H2,1-2H3. The number of esters is 1. The van der Waals surface area contributed by atoms with Crippen LogP contribution >= 0.6 is 0 Å². The topological polar surface area (TPSA) is 63.2 Å². The van der Waals surface area contributed by atoms with E-state index >= 15 is 0 Å². The van der Waals surface area contributed by atoms with Gasteiger partial charge in [-0.15, -0.1) is 0 Å². The fraction of sp³-hybridized carbons (Fsp3) is 0.486. The summed E-state index contributed by atoms with van der Waals surface area (Å²) >= 11 is 0. The Labute approximate surface area is 256 Å². The molecule has 0 amide bonds. The summed E-state index contributed by atoms with van der Waals surface area (Å²) in [6, 6.07) is 19.4. The zero-order valence-corrected chi connectivity index (χ0v) is 25.8. The number of carbonyl (C=O) groups is 1. The number of ether oxygens (including phenoxy) is 5. The summed E-state index contributed by atoms with van der Waals surface area (Å²) in [7, 11) is 0. The van der Waals surface area contributed by atoms with Crippen LogP contribution in [-0.2, 0) is 15.9 Å². The highest BCUT2D eigenvalue weighted by Gasteiger charge is 2.33. The van der Waals surface area contributed by atoms with Crippen molar-refractivity contribution >= 4 is 5.97 Å². The molecule has 1 heterocycles. The highest BCUT2D eigenvalue weighted by Crippen LogP contribution is 2.39. The number of hydrogen-bond acceptors (Lipinski definition) is 6. The predicted molar refractivity (Wildman–Crippen MR) is 169 cm³/mol. The number of rotatable bonds is 18. The Kier molecular flexibility index (Phi) is 11.1. The van der Waals surface area contributed by atoms with Crippen molar-refractivity contribution in [3.05, 3.63) is 77.4 Å². The third kappa shape index (κ3) is 8.84. The second-order valence-corrected chi connectivity index (χ2v) is 12.3. The molecular formula is C37H46O6. The van der Waals surface area contributed by atoms with Crippen molar-refractivity contribution in [1.82, 2.24) is 0 Å². The summed E-state index contributed by atoms with van der Waals surface area (Å²) in [5.74, 6) is 1.81. The van der Waals surface area contributed by atoms with Gasteiger partial charge in [0.15, 0.2) is 0 Å². The number of carbonyl (C=O) groups excluding carboxylic acids is 1. The summed E-state index contributed by atoms with van der Waals surface area (Å²) in [5, 5.41) is 0. The van der Waals surface area contributed by atoms with Crippen LogP contribution in [0.25, 0.3) is 11.1 Å². The van der Waals surface area contributed by atoms with Crippen LogP contribution in [0.2, 0.25) is 0 Å². The second kappa shape index (κ2) is 15.4. The van der Waals surface area contributed by atoms with Gasteiger partial charge in [-0.1, -0.05) is 58.1 Å². The molecule has 0 spiro atoms. The smallest absolute Gasteiger partial charge is 0.343 e. The highest BCUT2D eigenvalue weighted by molar-refractivity contribution is 5.93. The number of unbranched alkanes of at least 4 members (excludes halogenated alkanes) is 6. The van der Waals surface area contributed by atoms with Gasteiger partial charge in [-0.3, -0.25) is 0 Å². The third-order valence-corrected chi connectivity index (χ3v) is 8.19.